The molecule has 2 aliphatic rings. The predicted molar refractivity (Wildman–Crippen MR) is 78.0 cm³/mol. The summed E-state index contributed by atoms with van der Waals surface area (Å²) in [7, 11) is 0. The normalized spacial score (nSPS) is 29.8. The SMILES string of the molecule is CCCCCN1CCN(C2CNC(C)(C)C2)CC1. The third kappa shape index (κ3) is 3.94. The molecule has 0 aliphatic carbocycles. The minimum Gasteiger partial charge on any atom is -0.310 e. The van der Waals surface area contributed by atoms with Crippen LogP contribution in [0.3, 0.4) is 0 Å². The van der Waals surface area contributed by atoms with Crippen molar-refractivity contribution in [3.05, 3.63) is 0 Å². The zero-order chi connectivity index (χ0) is 13.0. The van der Waals surface area contributed by atoms with E-state index in [-0.39, 0.29) is 0 Å². The van der Waals surface area contributed by atoms with E-state index in [1.165, 1.54) is 65.0 Å². The van der Waals surface area contributed by atoms with Gasteiger partial charge >= 0.3 is 0 Å². The van der Waals surface area contributed by atoms with E-state index in [2.05, 4.69) is 35.9 Å². The largest absolute Gasteiger partial charge is 0.310 e. The molecule has 0 radical (unpaired) electrons. The summed E-state index contributed by atoms with van der Waals surface area (Å²) in [6, 6.07) is 0.776. The molecule has 2 fully saturated rings. The lowest BCUT2D eigenvalue weighted by atomic mass is 10.0. The summed E-state index contributed by atoms with van der Waals surface area (Å²) in [5.41, 5.74) is 0.350. The first-order chi connectivity index (χ1) is 8.61. The van der Waals surface area contributed by atoms with Crippen molar-refractivity contribution in [1.29, 1.82) is 0 Å². The summed E-state index contributed by atoms with van der Waals surface area (Å²) in [5.74, 6) is 0. The number of unbranched alkanes of at least 4 members (excludes halogenated alkanes) is 2. The predicted octanol–water partition coefficient (Wildman–Crippen LogP) is 1.93. The zero-order valence-corrected chi connectivity index (χ0v) is 12.5. The minimum atomic E-state index is 0.350. The van der Waals surface area contributed by atoms with E-state index in [1.54, 1.807) is 0 Å². The second-order valence-electron chi connectivity index (χ2n) is 6.71. The molecule has 1 N–H and O–H groups in total. The van der Waals surface area contributed by atoms with Gasteiger partial charge < -0.3 is 10.2 Å². The van der Waals surface area contributed by atoms with Crippen molar-refractivity contribution in [2.75, 3.05) is 39.3 Å². The summed E-state index contributed by atoms with van der Waals surface area (Å²) in [6.07, 6.45) is 5.42. The van der Waals surface area contributed by atoms with Crippen LogP contribution >= 0.6 is 0 Å². The number of piperazine rings is 1. The third-order valence-corrected chi connectivity index (χ3v) is 4.56. The van der Waals surface area contributed by atoms with Crippen LogP contribution in [0.2, 0.25) is 0 Å². The van der Waals surface area contributed by atoms with E-state index >= 15 is 0 Å². The van der Waals surface area contributed by atoms with Gasteiger partial charge in [-0.2, -0.15) is 0 Å². The van der Waals surface area contributed by atoms with Crippen molar-refractivity contribution < 1.29 is 0 Å². The van der Waals surface area contributed by atoms with E-state index in [1.807, 2.05) is 0 Å². The van der Waals surface area contributed by atoms with E-state index in [0.29, 0.717) is 5.54 Å². The molecule has 18 heavy (non-hydrogen) atoms. The van der Waals surface area contributed by atoms with E-state index in [9.17, 15) is 0 Å². The Labute approximate surface area is 113 Å². The first kappa shape index (κ1) is 14.3. The van der Waals surface area contributed by atoms with Crippen molar-refractivity contribution in [3.63, 3.8) is 0 Å². The molecule has 2 saturated heterocycles. The van der Waals surface area contributed by atoms with Crippen molar-refractivity contribution >= 4 is 0 Å². The van der Waals surface area contributed by atoms with Crippen LogP contribution in [-0.2, 0) is 0 Å². The summed E-state index contributed by atoms with van der Waals surface area (Å²) >= 11 is 0. The van der Waals surface area contributed by atoms with Crippen molar-refractivity contribution in [1.82, 2.24) is 15.1 Å². The number of nitrogens with one attached hydrogen (secondary N) is 1. The summed E-state index contributed by atoms with van der Waals surface area (Å²) in [5, 5.41) is 3.64. The Balaban J connectivity index is 1.67. The fraction of sp³-hybridized carbons (Fsp3) is 1.00. The molecule has 0 spiro atoms. The molecule has 2 heterocycles. The van der Waals surface area contributed by atoms with Gasteiger partial charge in [-0.1, -0.05) is 19.8 Å². The molecular weight excluding hydrogens is 222 g/mol. The van der Waals surface area contributed by atoms with Crippen molar-refractivity contribution in [3.8, 4) is 0 Å². The zero-order valence-electron chi connectivity index (χ0n) is 12.5. The van der Waals surface area contributed by atoms with Crippen molar-refractivity contribution in [2.45, 2.75) is 58.0 Å². The molecule has 0 aromatic carbocycles. The van der Waals surface area contributed by atoms with Crippen LogP contribution < -0.4 is 5.32 Å². The highest BCUT2D eigenvalue weighted by Crippen LogP contribution is 2.23. The Kier molecular flexibility index (Phi) is 5.05. The maximum atomic E-state index is 3.64. The lowest BCUT2D eigenvalue weighted by Gasteiger charge is -2.38. The number of hydrogen-bond donors (Lipinski definition) is 1. The van der Waals surface area contributed by atoms with Crippen LogP contribution in [0.4, 0.5) is 0 Å². The maximum Gasteiger partial charge on any atom is 0.0239 e. The van der Waals surface area contributed by atoms with Crippen LogP contribution in [0.5, 0.6) is 0 Å². The molecule has 0 aromatic heterocycles. The average molecular weight is 253 g/mol. The monoisotopic (exact) mass is 253 g/mol. The van der Waals surface area contributed by atoms with Gasteiger partial charge in [0.1, 0.15) is 0 Å². The van der Waals surface area contributed by atoms with Gasteiger partial charge in [0.15, 0.2) is 0 Å². The molecule has 2 rings (SSSR count). The second-order valence-corrected chi connectivity index (χ2v) is 6.71. The Morgan fingerprint density at radius 2 is 1.83 bits per heavy atom. The Hall–Kier alpha value is -0.120. The number of rotatable bonds is 5. The van der Waals surface area contributed by atoms with Gasteiger partial charge in [-0.15, -0.1) is 0 Å². The van der Waals surface area contributed by atoms with E-state index in [0.717, 1.165) is 6.04 Å². The fourth-order valence-electron chi connectivity index (χ4n) is 3.32. The van der Waals surface area contributed by atoms with Crippen LogP contribution in [-0.4, -0.2) is 60.6 Å². The quantitative estimate of drug-likeness (QED) is 0.755. The molecule has 0 amide bonds. The highest BCUT2D eigenvalue weighted by atomic mass is 15.3. The molecule has 0 bridgehead atoms. The van der Waals surface area contributed by atoms with Gasteiger partial charge in [0.25, 0.3) is 0 Å². The molecule has 106 valence electrons. The van der Waals surface area contributed by atoms with Crippen LogP contribution in [0, 0.1) is 0 Å². The molecule has 3 heteroatoms. The topological polar surface area (TPSA) is 18.5 Å². The number of hydrogen-bond acceptors (Lipinski definition) is 3. The summed E-state index contributed by atoms with van der Waals surface area (Å²) in [4.78, 5) is 5.36. The van der Waals surface area contributed by atoms with Gasteiger partial charge in [0.2, 0.25) is 0 Å². The van der Waals surface area contributed by atoms with E-state index in [4.69, 9.17) is 0 Å². The minimum absolute atomic E-state index is 0.350. The second kappa shape index (κ2) is 6.36. The first-order valence-electron chi connectivity index (χ1n) is 7.82. The Bertz CT molecular complexity index is 244. The maximum absolute atomic E-state index is 3.64. The van der Waals surface area contributed by atoms with E-state index < -0.39 is 0 Å². The molecule has 0 aromatic rings. The molecule has 1 atom stereocenters. The molecule has 3 nitrogen and oxygen atoms in total. The van der Waals surface area contributed by atoms with Gasteiger partial charge in [0.05, 0.1) is 0 Å². The summed E-state index contributed by atoms with van der Waals surface area (Å²) in [6.45, 7) is 14.5. The van der Waals surface area contributed by atoms with Crippen molar-refractivity contribution in [2.24, 2.45) is 0 Å². The Morgan fingerprint density at radius 3 is 2.39 bits per heavy atom. The first-order valence-corrected chi connectivity index (χ1v) is 7.82. The molecule has 1 unspecified atom stereocenters. The Morgan fingerprint density at radius 1 is 1.11 bits per heavy atom. The molecular formula is C15H31N3. The lowest BCUT2D eigenvalue weighted by molar-refractivity contribution is 0.0991. The average Bonchev–Trinajstić information content (AvgIpc) is 2.71. The third-order valence-electron chi connectivity index (χ3n) is 4.56. The summed E-state index contributed by atoms with van der Waals surface area (Å²) < 4.78 is 0. The van der Waals surface area contributed by atoms with Crippen LogP contribution in [0.1, 0.15) is 46.5 Å². The van der Waals surface area contributed by atoms with Gasteiger partial charge in [0, 0.05) is 44.3 Å². The van der Waals surface area contributed by atoms with Crippen LogP contribution in [0.25, 0.3) is 0 Å². The van der Waals surface area contributed by atoms with Gasteiger partial charge in [-0.3, -0.25) is 4.90 Å². The highest BCUT2D eigenvalue weighted by Gasteiger charge is 2.34. The highest BCUT2D eigenvalue weighted by molar-refractivity contribution is 4.95. The van der Waals surface area contributed by atoms with Gasteiger partial charge in [-0.25, -0.2) is 0 Å². The van der Waals surface area contributed by atoms with Gasteiger partial charge in [-0.05, 0) is 33.2 Å². The van der Waals surface area contributed by atoms with Crippen LogP contribution in [0.15, 0.2) is 0 Å². The molecule has 0 saturated carbocycles. The fourth-order valence-corrected chi connectivity index (χ4v) is 3.32. The standard InChI is InChI=1S/C15H31N3/c1-4-5-6-7-17-8-10-18(11-9-17)14-12-15(2,3)16-13-14/h14,16H,4-13H2,1-3H3. The lowest BCUT2D eigenvalue weighted by Crippen LogP contribution is -2.51. The smallest absolute Gasteiger partial charge is 0.0239 e. The number of nitrogens with zero attached hydrogens (tertiary/aromatic N) is 2. The molecule has 2 aliphatic heterocycles.